The van der Waals surface area contributed by atoms with Crippen LogP contribution in [0.15, 0.2) is 35.7 Å². The molecule has 96 valence electrons. The maximum absolute atomic E-state index is 10.2. The molecular weight excluding hydrogens is 240 g/mol. The van der Waals surface area contributed by atoms with Crippen molar-refractivity contribution in [1.82, 2.24) is 0 Å². The number of aliphatic hydroxyl groups excluding tert-OH is 1. The van der Waals surface area contributed by atoms with E-state index >= 15 is 0 Å². The molecule has 1 atom stereocenters. The highest BCUT2D eigenvalue weighted by Gasteiger charge is 2.12. The van der Waals surface area contributed by atoms with Crippen LogP contribution in [-0.2, 0) is 6.42 Å². The van der Waals surface area contributed by atoms with Gasteiger partial charge in [-0.25, -0.2) is 0 Å². The summed E-state index contributed by atoms with van der Waals surface area (Å²) in [5, 5.41) is 12.3. The van der Waals surface area contributed by atoms with Crippen molar-refractivity contribution in [1.29, 1.82) is 0 Å². The number of aliphatic hydroxyl groups is 1. The Kier molecular flexibility index (Phi) is 4.20. The van der Waals surface area contributed by atoms with Gasteiger partial charge in [-0.1, -0.05) is 38.1 Å². The molecule has 0 aliphatic rings. The minimum Gasteiger partial charge on any atom is -0.387 e. The third-order valence-corrected chi connectivity index (χ3v) is 4.40. The fourth-order valence-corrected chi connectivity index (χ4v) is 2.99. The molecule has 0 amide bonds. The summed E-state index contributed by atoms with van der Waals surface area (Å²) in [6.45, 7) is 6.44. The Labute approximate surface area is 113 Å². The Morgan fingerprint density at radius 3 is 2.28 bits per heavy atom. The van der Waals surface area contributed by atoms with Crippen LogP contribution in [0.2, 0.25) is 0 Å². The molecule has 0 spiro atoms. The zero-order valence-electron chi connectivity index (χ0n) is 11.2. The Morgan fingerprint density at radius 1 is 1.11 bits per heavy atom. The molecule has 1 heterocycles. The van der Waals surface area contributed by atoms with Gasteiger partial charge in [-0.3, -0.25) is 0 Å². The van der Waals surface area contributed by atoms with Crippen LogP contribution in [0.1, 0.15) is 47.4 Å². The first-order valence-electron chi connectivity index (χ1n) is 6.39. The van der Waals surface area contributed by atoms with Gasteiger partial charge in [0, 0.05) is 11.3 Å². The molecule has 0 saturated carbocycles. The van der Waals surface area contributed by atoms with Crippen molar-refractivity contribution in [2.75, 3.05) is 0 Å². The molecule has 0 saturated heterocycles. The standard InChI is InChI=1S/C16H20OS/c1-11(2)14-6-4-13(5-7-14)10-15(17)16-12(3)8-9-18-16/h4-9,11,15,17H,10H2,1-3H3. The predicted octanol–water partition coefficient (Wildman–Crippen LogP) is 4.46. The van der Waals surface area contributed by atoms with Gasteiger partial charge in [0.05, 0.1) is 6.10 Å². The Bertz CT molecular complexity index is 496. The average molecular weight is 260 g/mol. The topological polar surface area (TPSA) is 20.2 Å². The fraction of sp³-hybridized carbons (Fsp3) is 0.375. The molecule has 0 aliphatic carbocycles. The summed E-state index contributed by atoms with van der Waals surface area (Å²) in [7, 11) is 0. The van der Waals surface area contributed by atoms with E-state index in [9.17, 15) is 5.11 Å². The largest absolute Gasteiger partial charge is 0.387 e. The van der Waals surface area contributed by atoms with Crippen LogP contribution in [0.5, 0.6) is 0 Å². The molecule has 1 N–H and O–H groups in total. The number of hydrogen-bond donors (Lipinski definition) is 1. The predicted molar refractivity (Wildman–Crippen MR) is 78.3 cm³/mol. The van der Waals surface area contributed by atoms with E-state index in [0.29, 0.717) is 12.3 Å². The lowest BCUT2D eigenvalue weighted by Crippen LogP contribution is -2.01. The van der Waals surface area contributed by atoms with Crippen LogP contribution in [-0.4, -0.2) is 5.11 Å². The lowest BCUT2D eigenvalue weighted by Gasteiger charge is -2.11. The zero-order valence-corrected chi connectivity index (χ0v) is 12.0. The lowest BCUT2D eigenvalue weighted by atomic mass is 9.99. The van der Waals surface area contributed by atoms with Crippen molar-refractivity contribution >= 4 is 11.3 Å². The van der Waals surface area contributed by atoms with Gasteiger partial charge in [-0.15, -0.1) is 11.3 Å². The summed E-state index contributed by atoms with van der Waals surface area (Å²) in [4.78, 5) is 1.09. The molecule has 2 heteroatoms. The first-order valence-corrected chi connectivity index (χ1v) is 7.26. The van der Waals surface area contributed by atoms with E-state index in [0.717, 1.165) is 4.88 Å². The molecular formula is C16H20OS. The Balaban J connectivity index is 2.08. The van der Waals surface area contributed by atoms with Gasteiger partial charge in [0.15, 0.2) is 0 Å². The second kappa shape index (κ2) is 5.68. The van der Waals surface area contributed by atoms with Crippen LogP contribution < -0.4 is 0 Å². The summed E-state index contributed by atoms with van der Waals surface area (Å²) in [5.74, 6) is 0.559. The van der Waals surface area contributed by atoms with E-state index in [1.165, 1.54) is 16.7 Å². The van der Waals surface area contributed by atoms with Crippen LogP contribution in [0.3, 0.4) is 0 Å². The third kappa shape index (κ3) is 3.01. The van der Waals surface area contributed by atoms with Crippen molar-refractivity contribution in [2.24, 2.45) is 0 Å². The molecule has 2 rings (SSSR count). The van der Waals surface area contributed by atoms with Crippen LogP contribution >= 0.6 is 11.3 Å². The van der Waals surface area contributed by atoms with Crippen molar-refractivity contribution < 1.29 is 5.11 Å². The summed E-state index contributed by atoms with van der Waals surface area (Å²) in [6, 6.07) is 10.6. The molecule has 1 aromatic heterocycles. The summed E-state index contributed by atoms with van der Waals surface area (Å²) >= 11 is 1.63. The molecule has 0 bridgehead atoms. The van der Waals surface area contributed by atoms with Crippen molar-refractivity contribution in [3.8, 4) is 0 Å². The van der Waals surface area contributed by atoms with Gasteiger partial charge in [0.2, 0.25) is 0 Å². The highest BCUT2D eigenvalue weighted by atomic mass is 32.1. The summed E-state index contributed by atoms with van der Waals surface area (Å²) in [6.07, 6.45) is 0.314. The molecule has 1 nitrogen and oxygen atoms in total. The number of hydrogen-bond acceptors (Lipinski definition) is 2. The van der Waals surface area contributed by atoms with Gasteiger partial charge in [-0.2, -0.15) is 0 Å². The summed E-state index contributed by atoms with van der Waals surface area (Å²) < 4.78 is 0. The second-order valence-electron chi connectivity index (χ2n) is 5.08. The minimum atomic E-state index is -0.380. The van der Waals surface area contributed by atoms with E-state index in [-0.39, 0.29) is 6.10 Å². The molecule has 0 aliphatic heterocycles. The third-order valence-electron chi connectivity index (χ3n) is 3.28. The maximum Gasteiger partial charge on any atom is 0.0924 e. The molecule has 1 unspecified atom stereocenters. The molecule has 0 radical (unpaired) electrons. The average Bonchev–Trinajstić information content (AvgIpc) is 2.76. The number of aryl methyl sites for hydroxylation is 1. The van der Waals surface area contributed by atoms with E-state index in [1.54, 1.807) is 11.3 Å². The Morgan fingerprint density at radius 2 is 1.78 bits per heavy atom. The molecule has 2 aromatic rings. The molecule has 1 aromatic carbocycles. The lowest BCUT2D eigenvalue weighted by molar-refractivity contribution is 0.181. The highest BCUT2D eigenvalue weighted by molar-refractivity contribution is 7.10. The van der Waals surface area contributed by atoms with Gasteiger partial charge >= 0.3 is 0 Å². The van der Waals surface area contributed by atoms with E-state index in [1.807, 2.05) is 5.38 Å². The van der Waals surface area contributed by atoms with Gasteiger partial charge < -0.3 is 5.11 Å². The van der Waals surface area contributed by atoms with Crippen LogP contribution in [0.4, 0.5) is 0 Å². The molecule has 0 fully saturated rings. The van der Waals surface area contributed by atoms with Gasteiger partial charge in [-0.05, 0) is 41.0 Å². The second-order valence-corrected chi connectivity index (χ2v) is 6.03. The van der Waals surface area contributed by atoms with Crippen molar-refractivity contribution in [3.05, 3.63) is 57.3 Å². The van der Waals surface area contributed by atoms with E-state index < -0.39 is 0 Å². The summed E-state index contributed by atoms with van der Waals surface area (Å²) in [5.41, 5.74) is 3.73. The van der Waals surface area contributed by atoms with E-state index in [4.69, 9.17) is 0 Å². The monoisotopic (exact) mass is 260 g/mol. The smallest absolute Gasteiger partial charge is 0.0924 e. The molecule has 18 heavy (non-hydrogen) atoms. The number of thiophene rings is 1. The normalized spacial score (nSPS) is 12.9. The first-order chi connectivity index (χ1) is 8.58. The highest BCUT2D eigenvalue weighted by Crippen LogP contribution is 2.27. The number of benzene rings is 1. The van der Waals surface area contributed by atoms with E-state index in [2.05, 4.69) is 51.1 Å². The van der Waals surface area contributed by atoms with Gasteiger partial charge in [0.1, 0.15) is 0 Å². The zero-order chi connectivity index (χ0) is 13.1. The quantitative estimate of drug-likeness (QED) is 0.860. The Hall–Kier alpha value is -1.12. The van der Waals surface area contributed by atoms with Crippen LogP contribution in [0.25, 0.3) is 0 Å². The van der Waals surface area contributed by atoms with Crippen molar-refractivity contribution in [2.45, 2.75) is 39.2 Å². The van der Waals surface area contributed by atoms with Crippen LogP contribution in [0, 0.1) is 6.92 Å². The SMILES string of the molecule is Cc1ccsc1C(O)Cc1ccc(C(C)C)cc1. The number of rotatable bonds is 4. The van der Waals surface area contributed by atoms with Crippen molar-refractivity contribution in [3.63, 3.8) is 0 Å². The fourth-order valence-electron chi connectivity index (χ4n) is 2.08. The van der Waals surface area contributed by atoms with Gasteiger partial charge in [0.25, 0.3) is 0 Å². The minimum absolute atomic E-state index is 0.380. The first kappa shape index (κ1) is 13.3. The maximum atomic E-state index is 10.2.